The van der Waals surface area contributed by atoms with Gasteiger partial charge in [-0.1, -0.05) is 25.0 Å². The first-order chi connectivity index (χ1) is 13.6. The van der Waals surface area contributed by atoms with Gasteiger partial charge >= 0.3 is 5.97 Å². The van der Waals surface area contributed by atoms with Crippen LogP contribution in [0.5, 0.6) is 0 Å². The van der Waals surface area contributed by atoms with Crippen LogP contribution in [-0.2, 0) is 19.1 Å². The maximum Gasteiger partial charge on any atom is 0.326 e. The number of ketones is 1. The number of esters is 1. The first-order valence-electron chi connectivity index (χ1n) is 9.96. The number of benzene rings is 1. The molecule has 1 aliphatic carbocycles. The summed E-state index contributed by atoms with van der Waals surface area (Å²) >= 11 is 0. The fraction of sp³-hybridized carbons (Fsp3) is 0.524. The van der Waals surface area contributed by atoms with Crippen molar-refractivity contribution in [3.05, 3.63) is 29.8 Å². The Bertz CT molecular complexity index is 819. The van der Waals surface area contributed by atoms with Crippen LogP contribution in [0.2, 0.25) is 0 Å². The van der Waals surface area contributed by atoms with Gasteiger partial charge in [0.05, 0.1) is 11.3 Å². The van der Waals surface area contributed by atoms with Crippen LogP contribution >= 0.6 is 0 Å². The summed E-state index contributed by atoms with van der Waals surface area (Å²) in [5.74, 6) is -1.67. The first-order valence-corrected chi connectivity index (χ1v) is 9.96. The Morgan fingerprint density at radius 2 is 1.79 bits per heavy atom. The average Bonchev–Trinajstić information content (AvgIpc) is 2.96. The fourth-order valence-electron chi connectivity index (χ4n) is 4.74. The van der Waals surface area contributed by atoms with Crippen molar-refractivity contribution in [2.45, 2.75) is 44.6 Å². The molecule has 0 spiro atoms. The van der Waals surface area contributed by atoms with Crippen LogP contribution in [0.15, 0.2) is 24.3 Å². The Morgan fingerprint density at radius 3 is 2.64 bits per heavy atom. The predicted octanol–water partition coefficient (Wildman–Crippen LogP) is 1.94. The van der Waals surface area contributed by atoms with Gasteiger partial charge in [-0.3, -0.25) is 24.1 Å². The van der Waals surface area contributed by atoms with E-state index in [-0.39, 0.29) is 30.7 Å². The Kier molecular flexibility index (Phi) is 5.15. The number of para-hydroxylation sites is 1. The third kappa shape index (κ3) is 3.41. The van der Waals surface area contributed by atoms with Crippen molar-refractivity contribution in [3.63, 3.8) is 0 Å². The minimum absolute atomic E-state index is 0.172. The van der Waals surface area contributed by atoms with Gasteiger partial charge in [0.25, 0.3) is 17.6 Å². The van der Waals surface area contributed by atoms with Gasteiger partial charge in [-0.25, -0.2) is 0 Å². The number of carbonyl (C=O) groups is 4. The number of nitrogens with zero attached hydrogens (tertiary/aromatic N) is 2. The van der Waals surface area contributed by atoms with E-state index >= 15 is 0 Å². The number of rotatable bonds is 4. The lowest BCUT2D eigenvalue weighted by Crippen LogP contribution is -2.51. The molecule has 0 aromatic heterocycles. The van der Waals surface area contributed by atoms with Gasteiger partial charge in [-0.2, -0.15) is 0 Å². The maximum absolute atomic E-state index is 12.6. The molecule has 2 heterocycles. The molecule has 3 aliphatic rings. The first kappa shape index (κ1) is 18.7. The summed E-state index contributed by atoms with van der Waals surface area (Å²) in [6.07, 6.45) is 6.70. The predicted molar refractivity (Wildman–Crippen MR) is 101 cm³/mol. The van der Waals surface area contributed by atoms with E-state index in [2.05, 4.69) is 0 Å². The van der Waals surface area contributed by atoms with Crippen molar-refractivity contribution in [2.24, 2.45) is 5.92 Å². The highest BCUT2D eigenvalue weighted by atomic mass is 16.5. The van der Waals surface area contributed by atoms with Gasteiger partial charge in [0, 0.05) is 12.6 Å². The number of carbonyl (C=O) groups excluding carboxylic acids is 4. The summed E-state index contributed by atoms with van der Waals surface area (Å²) in [7, 11) is 0. The standard InChI is InChI=1S/C21H24N2O5/c24-18(22-11-5-7-14-6-1-3-9-16(14)22)13-28-19(25)12-23-17-10-4-2-8-15(17)20(26)21(23)27/h2,4,8,10,14,16H,1,3,5-7,9,11-13H2/t14-,16-/m1/s1. The number of Topliss-reactive ketones (excluding diaryl/α,β-unsaturated/α-hetero) is 1. The molecule has 1 saturated heterocycles. The van der Waals surface area contributed by atoms with E-state index in [1.54, 1.807) is 24.3 Å². The molecule has 0 radical (unpaired) electrons. The molecule has 0 N–H and O–H groups in total. The van der Waals surface area contributed by atoms with Crippen molar-refractivity contribution >= 4 is 29.3 Å². The third-order valence-corrected chi connectivity index (χ3v) is 6.09. The molecule has 28 heavy (non-hydrogen) atoms. The molecule has 7 heteroatoms. The second-order valence-corrected chi connectivity index (χ2v) is 7.74. The van der Waals surface area contributed by atoms with Crippen LogP contribution in [0, 0.1) is 5.92 Å². The number of amides is 2. The number of piperidine rings is 1. The number of anilines is 1. The highest BCUT2D eigenvalue weighted by Gasteiger charge is 2.38. The average molecular weight is 384 g/mol. The minimum atomic E-state index is -0.745. The molecule has 7 nitrogen and oxygen atoms in total. The van der Waals surface area contributed by atoms with Crippen LogP contribution in [0.1, 0.15) is 48.9 Å². The van der Waals surface area contributed by atoms with Crippen molar-refractivity contribution in [2.75, 3.05) is 24.6 Å². The fourth-order valence-corrected chi connectivity index (χ4v) is 4.74. The van der Waals surface area contributed by atoms with Gasteiger partial charge < -0.3 is 9.64 Å². The molecule has 1 aromatic rings. The summed E-state index contributed by atoms with van der Waals surface area (Å²) in [5.41, 5.74) is 0.690. The number of ether oxygens (including phenoxy) is 1. The lowest BCUT2D eigenvalue weighted by atomic mass is 9.78. The molecule has 0 unspecified atom stereocenters. The summed E-state index contributed by atoms with van der Waals surface area (Å²) in [4.78, 5) is 52.0. The zero-order chi connectivity index (χ0) is 19.7. The second kappa shape index (κ2) is 7.73. The number of likely N-dealkylation sites (tertiary alicyclic amines) is 1. The van der Waals surface area contributed by atoms with Gasteiger partial charge in [-0.05, 0) is 43.7 Å². The largest absolute Gasteiger partial charge is 0.454 e. The summed E-state index contributed by atoms with van der Waals surface area (Å²) in [6.45, 7) is 0.0185. The zero-order valence-corrected chi connectivity index (χ0v) is 15.8. The van der Waals surface area contributed by atoms with E-state index in [1.807, 2.05) is 4.90 Å². The van der Waals surface area contributed by atoms with Crippen molar-refractivity contribution in [1.82, 2.24) is 4.90 Å². The lowest BCUT2D eigenvalue weighted by molar-refractivity contribution is -0.154. The van der Waals surface area contributed by atoms with Crippen molar-refractivity contribution in [1.29, 1.82) is 0 Å². The maximum atomic E-state index is 12.6. The number of fused-ring (bicyclic) bond motifs is 2. The van der Waals surface area contributed by atoms with E-state index in [0.29, 0.717) is 18.2 Å². The molecular formula is C21H24N2O5. The van der Waals surface area contributed by atoms with Crippen LogP contribution in [0.3, 0.4) is 0 Å². The van der Waals surface area contributed by atoms with Crippen LogP contribution in [-0.4, -0.2) is 54.2 Å². The number of hydrogen-bond acceptors (Lipinski definition) is 5. The Labute approximate surface area is 163 Å². The Morgan fingerprint density at radius 1 is 1.04 bits per heavy atom. The Hall–Kier alpha value is -2.70. The van der Waals surface area contributed by atoms with E-state index in [9.17, 15) is 19.2 Å². The highest BCUT2D eigenvalue weighted by molar-refractivity contribution is 6.52. The zero-order valence-electron chi connectivity index (χ0n) is 15.8. The molecule has 4 rings (SSSR count). The van der Waals surface area contributed by atoms with Crippen molar-refractivity contribution < 1.29 is 23.9 Å². The van der Waals surface area contributed by atoms with Gasteiger partial charge in [0.2, 0.25) is 0 Å². The molecule has 1 aromatic carbocycles. The lowest BCUT2D eigenvalue weighted by Gasteiger charge is -2.44. The van der Waals surface area contributed by atoms with E-state index in [4.69, 9.17) is 4.74 Å². The van der Waals surface area contributed by atoms with E-state index in [0.717, 1.165) is 24.2 Å². The molecule has 2 atom stereocenters. The molecule has 2 aliphatic heterocycles. The van der Waals surface area contributed by atoms with Crippen LogP contribution in [0.25, 0.3) is 0 Å². The topological polar surface area (TPSA) is 84.0 Å². The van der Waals surface area contributed by atoms with E-state index in [1.165, 1.54) is 19.3 Å². The van der Waals surface area contributed by atoms with Gasteiger partial charge in [0.1, 0.15) is 6.54 Å². The van der Waals surface area contributed by atoms with Crippen LogP contribution in [0.4, 0.5) is 5.69 Å². The van der Waals surface area contributed by atoms with Crippen molar-refractivity contribution in [3.8, 4) is 0 Å². The van der Waals surface area contributed by atoms with E-state index < -0.39 is 17.7 Å². The minimum Gasteiger partial charge on any atom is -0.454 e. The molecule has 2 amide bonds. The van der Waals surface area contributed by atoms with Gasteiger partial charge in [-0.15, -0.1) is 0 Å². The Balaban J connectivity index is 1.34. The SMILES string of the molecule is O=C(CN1C(=O)C(=O)c2ccccc21)OCC(=O)N1CCC[C@H]2CCCC[C@H]21. The normalized spacial score (nSPS) is 24.0. The molecular weight excluding hydrogens is 360 g/mol. The quantitative estimate of drug-likeness (QED) is 0.585. The smallest absolute Gasteiger partial charge is 0.326 e. The van der Waals surface area contributed by atoms with Crippen LogP contribution < -0.4 is 4.90 Å². The highest BCUT2D eigenvalue weighted by Crippen LogP contribution is 2.35. The molecule has 2 fully saturated rings. The number of hydrogen-bond donors (Lipinski definition) is 0. The summed E-state index contributed by atoms with van der Waals surface area (Å²) in [6, 6.07) is 6.80. The third-order valence-electron chi connectivity index (χ3n) is 6.09. The summed E-state index contributed by atoms with van der Waals surface area (Å²) < 4.78 is 5.16. The molecule has 0 bridgehead atoms. The second-order valence-electron chi connectivity index (χ2n) is 7.74. The van der Waals surface area contributed by atoms with Gasteiger partial charge in [0.15, 0.2) is 6.61 Å². The summed E-state index contributed by atoms with van der Waals surface area (Å²) in [5, 5.41) is 0. The monoisotopic (exact) mass is 384 g/mol. The molecule has 1 saturated carbocycles. The molecule has 148 valence electrons.